The van der Waals surface area contributed by atoms with Gasteiger partial charge in [-0.25, -0.2) is 4.90 Å². The Morgan fingerprint density at radius 1 is 0.912 bits per heavy atom. The van der Waals surface area contributed by atoms with Crippen molar-refractivity contribution in [2.75, 3.05) is 30.0 Å². The Hall–Kier alpha value is -4.26. The first-order chi connectivity index (χ1) is 16.6. The fourth-order valence-corrected chi connectivity index (χ4v) is 4.10. The summed E-state index contributed by atoms with van der Waals surface area (Å²) < 4.78 is 16.8. The number of ether oxygens (including phenoxy) is 3. The third-order valence-electron chi connectivity index (χ3n) is 5.71. The van der Waals surface area contributed by atoms with Gasteiger partial charge in [0.2, 0.25) is 0 Å². The van der Waals surface area contributed by atoms with Crippen LogP contribution in [-0.4, -0.2) is 31.6 Å². The minimum absolute atomic E-state index is 0.203. The van der Waals surface area contributed by atoms with E-state index in [0.717, 1.165) is 5.56 Å². The van der Waals surface area contributed by atoms with Crippen molar-refractivity contribution in [2.45, 2.75) is 13.8 Å². The largest absolute Gasteiger partial charge is 0.494 e. The number of rotatable bonds is 6. The summed E-state index contributed by atoms with van der Waals surface area (Å²) >= 11 is 0. The number of fused-ring (bicyclic) bond motifs is 1. The van der Waals surface area contributed by atoms with E-state index in [1.807, 2.05) is 32.0 Å². The lowest BCUT2D eigenvalue weighted by Gasteiger charge is -2.20. The molecule has 2 aliphatic rings. The normalized spacial score (nSPS) is 15.1. The van der Waals surface area contributed by atoms with Gasteiger partial charge in [-0.3, -0.25) is 9.59 Å². The number of para-hydroxylation sites is 1. The minimum Gasteiger partial charge on any atom is -0.494 e. The fourth-order valence-electron chi connectivity index (χ4n) is 4.10. The zero-order chi connectivity index (χ0) is 23.7. The fraction of sp³-hybridized carbons (Fsp3) is 0.185. The zero-order valence-electron chi connectivity index (χ0n) is 19.0. The summed E-state index contributed by atoms with van der Waals surface area (Å²) in [6.07, 6.45) is 0. The molecule has 0 unspecified atom stereocenters. The van der Waals surface area contributed by atoms with Gasteiger partial charge in [-0.15, -0.1) is 0 Å². The van der Waals surface area contributed by atoms with Crippen molar-refractivity contribution >= 4 is 28.8 Å². The first-order valence-electron chi connectivity index (χ1n) is 11.2. The van der Waals surface area contributed by atoms with Gasteiger partial charge in [0.15, 0.2) is 11.5 Å². The van der Waals surface area contributed by atoms with Crippen molar-refractivity contribution in [1.29, 1.82) is 0 Å². The molecule has 5 rings (SSSR count). The van der Waals surface area contributed by atoms with Crippen molar-refractivity contribution in [3.63, 3.8) is 0 Å². The van der Waals surface area contributed by atoms with Gasteiger partial charge in [0.1, 0.15) is 24.7 Å². The van der Waals surface area contributed by atoms with E-state index in [0.29, 0.717) is 59.6 Å². The van der Waals surface area contributed by atoms with Gasteiger partial charge in [0.25, 0.3) is 11.8 Å². The van der Waals surface area contributed by atoms with Crippen molar-refractivity contribution in [1.82, 2.24) is 0 Å². The third-order valence-corrected chi connectivity index (χ3v) is 5.71. The topological polar surface area (TPSA) is 77.1 Å². The molecule has 0 saturated carbocycles. The van der Waals surface area contributed by atoms with Crippen molar-refractivity contribution in [3.05, 3.63) is 83.6 Å². The summed E-state index contributed by atoms with van der Waals surface area (Å²) in [6.45, 7) is 5.27. The third kappa shape index (κ3) is 3.85. The highest BCUT2D eigenvalue weighted by atomic mass is 16.6. The molecule has 3 aromatic rings. The molecule has 3 aromatic carbocycles. The van der Waals surface area contributed by atoms with Crippen LogP contribution in [0, 0.1) is 6.92 Å². The van der Waals surface area contributed by atoms with Crippen LogP contribution in [-0.2, 0) is 9.59 Å². The zero-order valence-corrected chi connectivity index (χ0v) is 19.0. The van der Waals surface area contributed by atoms with E-state index < -0.39 is 5.91 Å². The van der Waals surface area contributed by atoms with Gasteiger partial charge in [0, 0.05) is 11.8 Å². The van der Waals surface area contributed by atoms with E-state index in [-0.39, 0.29) is 11.6 Å². The summed E-state index contributed by atoms with van der Waals surface area (Å²) in [5.74, 6) is 1.13. The summed E-state index contributed by atoms with van der Waals surface area (Å²) in [5.41, 5.74) is 3.13. The highest BCUT2D eigenvalue weighted by Gasteiger charge is 2.40. The first kappa shape index (κ1) is 21.6. The van der Waals surface area contributed by atoms with Gasteiger partial charge in [-0.05, 0) is 55.3 Å². The molecule has 0 fully saturated rings. The molecule has 2 amide bonds. The molecule has 7 nitrogen and oxygen atoms in total. The average Bonchev–Trinajstić information content (AvgIpc) is 3.09. The molecule has 0 saturated heterocycles. The highest BCUT2D eigenvalue weighted by Crippen LogP contribution is 2.37. The lowest BCUT2D eigenvalue weighted by Crippen LogP contribution is -2.33. The van der Waals surface area contributed by atoms with Gasteiger partial charge >= 0.3 is 0 Å². The lowest BCUT2D eigenvalue weighted by atomic mass is 10.0. The summed E-state index contributed by atoms with van der Waals surface area (Å²) in [6, 6.07) is 19.8. The van der Waals surface area contributed by atoms with Gasteiger partial charge in [0.05, 0.1) is 17.9 Å². The maximum Gasteiger partial charge on any atom is 0.282 e. The second-order valence-corrected chi connectivity index (χ2v) is 7.92. The van der Waals surface area contributed by atoms with Gasteiger partial charge in [-0.1, -0.05) is 30.3 Å². The quantitative estimate of drug-likeness (QED) is 0.548. The molecule has 0 aromatic heterocycles. The molecule has 2 heterocycles. The van der Waals surface area contributed by atoms with Crippen LogP contribution in [0.4, 0.5) is 11.4 Å². The number of imide groups is 1. The molecular weight excluding hydrogens is 432 g/mol. The minimum atomic E-state index is -0.418. The standard InChI is InChI=1S/C27H24N2O5/c1-3-32-20-11-8-18(9-12-20)24-25(28-19-10-13-22-23(16-19)34-15-14-33-22)27(31)29(26(24)30)21-7-5-4-6-17(21)2/h4-13,16,28H,3,14-15H2,1-2H3. The van der Waals surface area contributed by atoms with Crippen LogP contribution >= 0.6 is 0 Å². The number of hydrogen-bond acceptors (Lipinski definition) is 6. The SMILES string of the molecule is CCOc1ccc(C2=C(Nc3ccc4c(c3)OCCO4)C(=O)N(c3ccccc3C)C2=O)cc1. The average molecular weight is 456 g/mol. The Labute approximate surface area is 197 Å². The van der Waals surface area contributed by atoms with Crippen LogP contribution in [0.3, 0.4) is 0 Å². The molecule has 0 spiro atoms. The summed E-state index contributed by atoms with van der Waals surface area (Å²) in [4.78, 5) is 28.5. The highest BCUT2D eigenvalue weighted by molar-refractivity contribution is 6.46. The predicted molar refractivity (Wildman–Crippen MR) is 129 cm³/mol. The van der Waals surface area contributed by atoms with Crippen LogP contribution < -0.4 is 24.4 Å². The van der Waals surface area contributed by atoms with Crippen LogP contribution in [0.25, 0.3) is 5.57 Å². The number of nitrogens with zero attached hydrogens (tertiary/aromatic N) is 1. The van der Waals surface area contributed by atoms with E-state index in [1.165, 1.54) is 4.90 Å². The van der Waals surface area contributed by atoms with E-state index in [2.05, 4.69) is 5.32 Å². The Balaban J connectivity index is 1.58. The first-order valence-corrected chi connectivity index (χ1v) is 11.2. The van der Waals surface area contributed by atoms with Crippen LogP contribution in [0.5, 0.6) is 17.2 Å². The number of benzene rings is 3. The molecular formula is C27H24N2O5. The van der Waals surface area contributed by atoms with Crippen molar-refractivity contribution in [2.24, 2.45) is 0 Å². The molecule has 34 heavy (non-hydrogen) atoms. The molecule has 1 N–H and O–H groups in total. The number of carbonyl (C=O) groups excluding carboxylic acids is 2. The second-order valence-electron chi connectivity index (χ2n) is 7.92. The molecule has 2 aliphatic heterocycles. The number of anilines is 2. The Morgan fingerprint density at radius 2 is 1.65 bits per heavy atom. The summed E-state index contributed by atoms with van der Waals surface area (Å²) in [5, 5.41) is 3.18. The Kier molecular flexibility index (Phi) is 5.67. The molecule has 172 valence electrons. The molecule has 0 atom stereocenters. The number of amides is 2. The van der Waals surface area contributed by atoms with Crippen LogP contribution in [0.15, 0.2) is 72.4 Å². The van der Waals surface area contributed by atoms with E-state index in [1.54, 1.807) is 48.5 Å². The van der Waals surface area contributed by atoms with Gasteiger partial charge in [-0.2, -0.15) is 0 Å². The van der Waals surface area contributed by atoms with Crippen LogP contribution in [0.1, 0.15) is 18.1 Å². The van der Waals surface area contributed by atoms with E-state index in [9.17, 15) is 9.59 Å². The smallest absolute Gasteiger partial charge is 0.282 e. The number of aryl methyl sites for hydroxylation is 1. The van der Waals surface area contributed by atoms with Crippen molar-refractivity contribution < 1.29 is 23.8 Å². The monoisotopic (exact) mass is 456 g/mol. The number of nitrogens with one attached hydrogen (secondary N) is 1. The summed E-state index contributed by atoms with van der Waals surface area (Å²) in [7, 11) is 0. The molecule has 0 bridgehead atoms. The second kappa shape index (κ2) is 8.94. The number of hydrogen-bond donors (Lipinski definition) is 1. The maximum atomic E-state index is 13.6. The lowest BCUT2D eigenvalue weighted by molar-refractivity contribution is -0.120. The molecule has 0 radical (unpaired) electrons. The van der Waals surface area contributed by atoms with E-state index >= 15 is 0 Å². The Morgan fingerprint density at radius 3 is 2.38 bits per heavy atom. The van der Waals surface area contributed by atoms with Crippen molar-refractivity contribution in [3.8, 4) is 17.2 Å². The predicted octanol–water partition coefficient (Wildman–Crippen LogP) is 4.56. The van der Waals surface area contributed by atoms with Crippen LogP contribution in [0.2, 0.25) is 0 Å². The Bertz CT molecular complexity index is 1300. The molecule has 7 heteroatoms. The van der Waals surface area contributed by atoms with Gasteiger partial charge < -0.3 is 19.5 Å². The maximum absolute atomic E-state index is 13.6. The number of carbonyl (C=O) groups is 2. The van der Waals surface area contributed by atoms with E-state index in [4.69, 9.17) is 14.2 Å². The molecule has 0 aliphatic carbocycles.